The molecular formula is C19H19N3O. The van der Waals surface area contributed by atoms with Crippen LogP contribution >= 0.6 is 0 Å². The van der Waals surface area contributed by atoms with E-state index in [0.29, 0.717) is 17.9 Å². The lowest BCUT2D eigenvalue weighted by atomic mass is 10.1. The molecule has 0 radical (unpaired) electrons. The van der Waals surface area contributed by atoms with Gasteiger partial charge in [0.25, 0.3) is 5.91 Å². The van der Waals surface area contributed by atoms with Crippen molar-refractivity contribution in [2.24, 2.45) is 0 Å². The Morgan fingerprint density at radius 2 is 1.74 bits per heavy atom. The molecule has 0 atom stereocenters. The summed E-state index contributed by atoms with van der Waals surface area (Å²) in [5.74, 6) is 0.580. The molecule has 0 aliphatic carbocycles. The second-order valence-electron chi connectivity index (χ2n) is 5.63. The van der Waals surface area contributed by atoms with E-state index in [0.717, 1.165) is 16.8 Å². The van der Waals surface area contributed by atoms with Gasteiger partial charge in [-0.15, -0.1) is 0 Å². The third kappa shape index (κ3) is 3.66. The number of amides is 1. The maximum Gasteiger partial charge on any atom is 0.256 e. The van der Waals surface area contributed by atoms with Crippen LogP contribution in [0.4, 0.5) is 5.82 Å². The summed E-state index contributed by atoms with van der Waals surface area (Å²) in [6.45, 7) is 4.54. The maximum atomic E-state index is 12.4. The number of aryl methyl sites for hydroxylation is 2. The number of carbonyl (C=O) groups excluding carboxylic acids is 1. The van der Waals surface area contributed by atoms with E-state index in [1.165, 1.54) is 0 Å². The van der Waals surface area contributed by atoms with E-state index in [9.17, 15) is 4.79 Å². The quantitative estimate of drug-likeness (QED) is 0.797. The Morgan fingerprint density at radius 1 is 1.04 bits per heavy atom. The Labute approximate surface area is 135 Å². The van der Waals surface area contributed by atoms with Crippen molar-refractivity contribution >= 4 is 11.7 Å². The van der Waals surface area contributed by atoms with Gasteiger partial charge in [-0.25, -0.2) is 4.68 Å². The summed E-state index contributed by atoms with van der Waals surface area (Å²) >= 11 is 0. The van der Waals surface area contributed by atoms with Crippen molar-refractivity contribution in [2.75, 3.05) is 5.32 Å². The fraction of sp³-hybridized carbons (Fsp3) is 0.158. The van der Waals surface area contributed by atoms with Crippen molar-refractivity contribution in [2.45, 2.75) is 20.4 Å². The standard InChI is InChI=1S/C19H19N3O/c1-14-8-10-17(11-9-14)19(23)20-18-12-15(2)21-22(18)13-16-6-4-3-5-7-16/h3-12H,13H2,1-2H3,(H,20,23). The monoisotopic (exact) mass is 305 g/mol. The van der Waals surface area contributed by atoms with Crippen molar-refractivity contribution in [1.29, 1.82) is 0 Å². The summed E-state index contributed by atoms with van der Waals surface area (Å²) < 4.78 is 1.82. The Bertz CT molecular complexity index is 804. The largest absolute Gasteiger partial charge is 0.307 e. The predicted octanol–water partition coefficient (Wildman–Crippen LogP) is 3.80. The third-order valence-electron chi connectivity index (χ3n) is 3.63. The molecule has 1 N–H and O–H groups in total. The first-order chi connectivity index (χ1) is 11.1. The zero-order valence-corrected chi connectivity index (χ0v) is 13.3. The van der Waals surface area contributed by atoms with Gasteiger partial charge in [-0.2, -0.15) is 5.10 Å². The Balaban J connectivity index is 1.80. The SMILES string of the molecule is Cc1ccc(C(=O)Nc2cc(C)nn2Cc2ccccc2)cc1. The molecule has 0 saturated carbocycles. The molecule has 0 saturated heterocycles. The van der Waals surface area contributed by atoms with Gasteiger partial charge in [0.1, 0.15) is 5.82 Å². The first-order valence-electron chi connectivity index (χ1n) is 7.58. The van der Waals surface area contributed by atoms with E-state index in [1.54, 1.807) is 0 Å². The van der Waals surface area contributed by atoms with Crippen molar-refractivity contribution in [3.8, 4) is 0 Å². The lowest BCUT2D eigenvalue weighted by Crippen LogP contribution is -2.16. The zero-order chi connectivity index (χ0) is 16.2. The van der Waals surface area contributed by atoms with Gasteiger partial charge < -0.3 is 5.32 Å². The summed E-state index contributed by atoms with van der Waals surface area (Å²) in [6.07, 6.45) is 0. The van der Waals surface area contributed by atoms with Crippen LogP contribution in [0, 0.1) is 13.8 Å². The molecule has 4 nitrogen and oxygen atoms in total. The zero-order valence-electron chi connectivity index (χ0n) is 13.3. The van der Waals surface area contributed by atoms with Crippen LogP contribution in [0.25, 0.3) is 0 Å². The van der Waals surface area contributed by atoms with Gasteiger partial charge in [-0.05, 0) is 31.5 Å². The van der Waals surface area contributed by atoms with Gasteiger partial charge in [-0.3, -0.25) is 4.79 Å². The Hall–Kier alpha value is -2.88. The fourth-order valence-electron chi connectivity index (χ4n) is 2.42. The number of nitrogens with one attached hydrogen (secondary N) is 1. The normalized spacial score (nSPS) is 10.5. The van der Waals surface area contributed by atoms with Crippen LogP contribution < -0.4 is 5.32 Å². The minimum absolute atomic E-state index is 0.126. The average Bonchev–Trinajstić information content (AvgIpc) is 2.88. The highest BCUT2D eigenvalue weighted by molar-refractivity contribution is 6.03. The molecule has 0 spiro atoms. The van der Waals surface area contributed by atoms with E-state index in [-0.39, 0.29) is 5.91 Å². The number of rotatable bonds is 4. The van der Waals surface area contributed by atoms with Crippen LogP contribution in [0.3, 0.4) is 0 Å². The van der Waals surface area contributed by atoms with E-state index >= 15 is 0 Å². The topological polar surface area (TPSA) is 46.9 Å². The number of carbonyl (C=O) groups is 1. The molecule has 1 amide bonds. The summed E-state index contributed by atoms with van der Waals surface area (Å²) in [7, 11) is 0. The Kier molecular flexibility index (Phi) is 4.24. The first kappa shape index (κ1) is 15.0. The van der Waals surface area contributed by atoms with Crippen LogP contribution in [-0.4, -0.2) is 15.7 Å². The summed E-state index contributed by atoms with van der Waals surface area (Å²) in [5.41, 5.74) is 3.79. The molecule has 0 unspecified atom stereocenters. The number of hydrogen-bond donors (Lipinski definition) is 1. The van der Waals surface area contributed by atoms with Gasteiger partial charge in [-0.1, -0.05) is 48.0 Å². The lowest BCUT2D eigenvalue weighted by molar-refractivity contribution is 0.102. The van der Waals surface area contributed by atoms with Gasteiger partial charge >= 0.3 is 0 Å². The van der Waals surface area contributed by atoms with Crippen LogP contribution in [0.1, 0.15) is 27.2 Å². The molecule has 2 aromatic carbocycles. The molecule has 0 bridgehead atoms. The van der Waals surface area contributed by atoms with E-state index in [2.05, 4.69) is 10.4 Å². The number of nitrogens with zero attached hydrogens (tertiary/aromatic N) is 2. The van der Waals surface area contributed by atoms with Crippen LogP contribution in [0.15, 0.2) is 60.7 Å². The maximum absolute atomic E-state index is 12.4. The molecule has 3 rings (SSSR count). The van der Waals surface area contributed by atoms with Crippen LogP contribution in [0.2, 0.25) is 0 Å². The third-order valence-corrected chi connectivity index (χ3v) is 3.63. The molecule has 0 aliphatic rings. The second kappa shape index (κ2) is 6.48. The number of hydrogen-bond acceptors (Lipinski definition) is 2. The van der Waals surface area contributed by atoms with Gasteiger partial charge in [0.15, 0.2) is 0 Å². The number of benzene rings is 2. The average molecular weight is 305 g/mol. The molecule has 0 fully saturated rings. The van der Waals surface area contributed by atoms with Crippen molar-refractivity contribution in [3.05, 3.63) is 83.0 Å². The highest BCUT2D eigenvalue weighted by Crippen LogP contribution is 2.14. The molecule has 1 heterocycles. The molecule has 4 heteroatoms. The van der Waals surface area contributed by atoms with E-state index in [1.807, 2.05) is 79.2 Å². The minimum Gasteiger partial charge on any atom is -0.307 e. The highest BCUT2D eigenvalue weighted by Gasteiger charge is 2.11. The smallest absolute Gasteiger partial charge is 0.256 e. The van der Waals surface area contributed by atoms with Crippen molar-refractivity contribution in [3.63, 3.8) is 0 Å². The highest BCUT2D eigenvalue weighted by atomic mass is 16.1. The van der Waals surface area contributed by atoms with Crippen LogP contribution in [-0.2, 0) is 6.54 Å². The molecule has 3 aromatic rings. The summed E-state index contributed by atoms with van der Waals surface area (Å²) in [4.78, 5) is 12.4. The number of anilines is 1. The summed E-state index contributed by atoms with van der Waals surface area (Å²) in [6, 6.07) is 19.5. The van der Waals surface area contributed by atoms with Crippen molar-refractivity contribution < 1.29 is 4.79 Å². The van der Waals surface area contributed by atoms with E-state index < -0.39 is 0 Å². The molecule has 0 aliphatic heterocycles. The fourth-order valence-corrected chi connectivity index (χ4v) is 2.42. The Morgan fingerprint density at radius 3 is 2.43 bits per heavy atom. The van der Waals surface area contributed by atoms with Gasteiger partial charge in [0.2, 0.25) is 0 Å². The predicted molar refractivity (Wildman–Crippen MR) is 91.6 cm³/mol. The lowest BCUT2D eigenvalue weighted by Gasteiger charge is -2.09. The van der Waals surface area contributed by atoms with Crippen molar-refractivity contribution in [1.82, 2.24) is 9.78 Å². The minimum atomic E-state index is -0.126. The molecule has 1 aromatic heterocycles. The van der Waals surface area contributed by atoms with E-state index in [4.69, 9.17) is 0 Å². The van der Waals surface area contributed by atoms with Crippen LogP contribution in [0.5, 0.6) is 0 Å². The second-order valence-corrected chi connectivity index (χ2v) is 5.63. The first-order valence-corrected chi connectivity index (χ1v) is 7.58. The summed E-state index contributed by atoms with van der Waals surface area (Å²) in [5, 5.41) is 7.42. The molecule has 23 heavy (non-hydrogen) atoms. The molecular weight excluding hydrogens is 286 g/mol. The molecule has 116 valence electrons. The number of aromatic nitrogens is 2. The van der Waals surface area contributed by atoms with Gasteiger partial charge in [0.05, 0.1) is 12.2 Å². The van der Waals surface area contributed by atoms with Gasteiger partial charge in [0, 0.05) is 11.6 Å².